The molecule has 2 N–H and O–H groups in total. The van der Waals surface area contributed by atoms with Crippen molar-refractivity contribution < 1.29 is 4.74 Å². The number of nitrogens with zero attached hydrogens (tertiary/aromatic N) is 3. The van der Waals surface area contributed by atoms with Crippen LogP contribution >= 0.6 is 11.8 Å². The molecule has 1 saturated heterocycles. The topological polar surface area (TPSA) is 64.3 Å². The molecule has 1 aromatic rings. The fourth-order valence-electron chi connectivity index (χ4n) is 1.49. The van der Waals surface area contributed by atoms with Gasteiger partial charge in [-0.25, -0.2) is 0 Å². The Balaban J connectivity index is 2.22. The number of hydrogen-bond donors (Lipinski definition) is 1. The van der Waals surface area contributed by atoms with Crippen LogP contribution < -0.4 is 15.4 Å². The van der Waals surface area contributed by atoms with Gasteiger partial charge < -0.3 is 15.4 Å². The fourth-order valence-corrected chi connectivity index (χ4v) is 2.39. The van der Waals surface area contributed by atoms with Gasteiger partial charge in [0.1, 0.15) is 5.82 Å². The molecule has 0 saturated carbocycles. The molecule has 15 heavy (non-hydrogen) atoms. The quantitative estimate of drug-likeness (QED) is 0.797. The van der Waals surface area contributed by atoms with Crippen LogP contribution in [0.15, 0.2) is 6.07 Å². The molecule has 1 aliphatic heterocycles. The summed E-state index contributed by atoms with van der Waals surface area (Å²) < 4.78 is 5.06. The van der Waals surface area contributed by atoms with Crippen molar-refractivity contribution in [1.82, 2.24) is 9.97 Å². The van der Waals surface area contributed by atoms with Gasteiger partial charge in [0.25, 0.3) is 0 Å². The maximum atomic E-state index is 5.61. The van der Waals surface area contributed by atoms with E-state index in [-0.39, 0.29) is 5.95 Å². The summed E-state index contributed by atoms with van der Waals surface area (Å²) >= 11 is 1.96. The Morgan fingerprint density at radius 3 is 2.80 bits per heavy atom. The van der Waals surface area contributed by atoms with Gasteiger partial charge in [-0.3, -0.25) is 0 Å². The van der Waals surface area contributed by atoms with Crippen LogP contribution in [0.1, 0.15) is 0 Å². The number of ether oxygens (including phenoxy) is 1. The minimum absolute atomic E-state index is 0.266. The van der Waals surface area contributed by atoms with E-state index < -0.39 is 0 Å². The van der Waals surface area contributed by atoms with E-state index >= 15 is 0 Å². The summed E-state index contributed by atoms with van der Waals surface area (Å²) in [5, 5.41) is 0. The van der Waals surface area contributed by atoms with Crippen LogP contribution in [0.3, 0.4) is 0 Å². The van der Waals surface area contributed by atoms with Gasteiger partial charge in [-0.05, 0) is 0 Å². The molecule has 0 atom stereocenters. The summed E-state index contributed by atoms with van der Waals surface area (Å²) in [6.07, 6.45) is 0. The van der Waals surface area contributed by atoms with E-state index in [0.717, 1.165) is 30.4 Å². The summed E-state index contributed by atoms with van der Waals surface area (Å²) in [4.78, 5) is 10.4. The molecular weight excluding hydrogens is 212 g/mol. The highest BCUT2D eigenvalue weighted by molar-refractivity contribution is 7.99. The fraction of sp³-hybridized carbons (Fsp3) is 0.556. The Bertz CT molecular complexity index is 341. The number of thioether (sulfide) groups is 1. The first-order chi connectivity index (χ1) is 7.29. The maximum absolute atomic E-state index is 5.61. The molecule has 5 nitrogen and oxygen atoms in total. The van der Waals surface area contributed by atoms with Crippen molar-refractivity contribution >= 4 is 23.5 Å². The lowest BCUT2D eigenvalue weighted by molar-refractivity contribution is 0.397. The Morgan fingerprint density at radius 2 is 2.13 bits per heavy atom. The lowest BCUT2D eigenvalue weighted by Crippen LogP contribution is -2.33. The molecule has 1 fully saturated rings. The zero-order valence-corrected chi connectivity index (χ0v) is 9.46. The van der Waals surface area contributed by atoms with Crippen molar-refractivity contribution in [3.05, 3.63) is 6.07 Å². The molecule has 0 aromatic carbocycles. The van der Waals surface area contributed by atoms with Crippen molar-refractivity contribution in [2.45, 2.75) is 0 Å². The molecule has 0 bridgehead atoms. The molecule has 6 heteroatoms. The highest BCUT2D eigenvalue weighted by atomic mass is 32.2. The number of methoxy groups -OCH3 is 1. The first-order valence-corrected chi connectivity index (χ1v) is 5.96. The molecule has 2 heterocycles. The van der Waals surface area contributed by atoms with Gasteiger partial charge >= 0.3 is 0 Å². The third-order valence-electron chi connectivity index (χ3n) is 2.25. The molecule has 1 aliphatic rings. The van der Waals surface area contributed by atoms with Crippen LogP contribution in [-0.4, -0.2) is 41.7 Å². The second kappa shape index (κ2) is 4.57. The highest BCUT2D eigenvalue weighted by Gasteiger charge is 2.14. The number of anilines is 2. The van der Waals surface area contributed by atoms with E-state index in [2.05, 4.69) is 14.9 Å². The number of rotatable bonds is 2. The van der Waals surface area contributed by atoms with Gasteiger partial charge in [0.15, 0.2) is 0 Å². The first-order valence-electron chi connectivity index (χ1n) is 4.81. The Morgan fingerprint density at radius 1 is 1.40 bits per heavy atom. The van der Waals surface area contributed by atoms with E-state index in [9.17, 15) is 0 Å². The van der Waals surface area contributed by atoms with Crippen molar-refractivity contribution in [3.8, 4) is 5.88 Å². The van der Waals surface area contributed by atoms with Crippen molar-refractivity contribution in [2.75, 3.05) is 42.3 Å². The third kappa shape index (κ3) is 2.44. The van der Waals surface area contributed by atoms with Crippen LogP contribution in [0.5, 0.6) is 5.88 Å². The monoisotopic (exact) mass is 226 g/mol. The standard InChI is InChI=1S/C9H14N4OS/c1-14-8-6-7(11-9(10)12-8)13-2-4-15-5-3-13/h6H,2-5H2,1H3,(H2,10,11,12). The number of nitrogen functional groups attached to an aromatic ring is 1. The van der Waals surface area contributed by atoms with Crippen LogP contribution in [0.25, 0.3) is 0 Å². The predicted molar refractivity (Wildman–Crippen MR) is 62.5 cm³/mol. The van der Waals surface area contributed by atoms with Crippen LogP contribution in [0.2, 0.25) is 0 Å². The molecule has 1 aromatic heterocycles. The smallest absolute Gasteiger partial charge is 0.225 e. The summed E-state index contributed by atoms with van der Waals surface area (Å²) in [7, 11) is 1.58. The SMILES string of the molecule is COc1cc(N2CCSCC2)nc(N)n1. The minimum Gasteiger partial charge on any atom is -0.481 e. The van der Waals surface area contributed by atoms with E-state index in [1.165, 1.54) is 0 Å². The van der Waals surface area contributed by atoms with Gasteiger partial charge in [0.2, 0.25) is 11.8 Å². The molecule has 82 valence electrons. The summed E-state index contributed by atoms with van der Waals surface area (Å²) in [5.41, 5.74) is 5.61. The first kappa shape index (κ1) is 10.4. The molecule has 0 aliphatic carbocycles. The average Bonchev–Trinajstić information content (AvgIpc) is 2.29. The van der Waals surface area contributed by atoms with Gasteiger partial charge in [0.05, 0.1) is 7.11 Å². The largest absolute Gasteiger partial charge is 0.481 e. The number of hydrogen-bond acceptors (Lipinski definition) is 6. The zero-order valence-electron chi connectivity index (χ0n) is 8.64. The third-order valence-corrected chi connectivity index (χ3v) is 3.19. The zero-order chi connectivity index (χ0) is 10.7. The summed E-state index contributed by atoms with van der Waals surface area (Å²) in [6.45, 7) is 2.01. The van der Waals surface area contributed by atoms with Gasteiger partial charge in [0, 0.05) is 30.7 Å². The minimum atomic E-state index is 0.266. The predicted octanol–water partition coefficient (Wildman–Crippen LogP) is 0.621. The van der Waals surface area contributed by atoms with E-state index in [4.69, 9.17) is 10.5 Å². The van der Waals surface area contributed by atoms with Crippen molar-refractivity contribution in [2.24, 2.45) is 0 Å². The molecule has 0 radical (unpaired) electrons. The van der Waals surface area contributed by atoms with Crippen molar-refractivity contribution in [3.63, 3.8) is 0 Å². The molecule has 0 spiro atoms. The Labute approximate surface area is 93.0 Å². The molecule has 2 rings (SSSR count). The maximum Gasteiger partial charge on any atom is 0.225 e. The van der Waals surface area contributed by atoms with Gasteiger partial charge in [-0.2, -0.15) is 21.7 Å². The van der Waals surface area contributed by atoms with Crippen LogP contribution in [-0.2, 0) is 0 Å². The lowest BCUT2D eigenvalue weighted by Gasteiger charge is -2.27. The van der Waals surface area contributed by atoms with Crippen LogP contribution in [0, 0.1) is 0 Å². The van der Waals surface area contributed by atoms with Gasteiger partial charge in [-0.15, -0.1) is 0 Å². The molecule has 0 unspecified atom stereocenters. The van der Waals surface area contributed by atoms with Crippen LogP contribution in [0.4, 0.5) is 11.8 Å². The summed E-state index contributed by atoms with van der Waals surface area (Å²) in [6, 6.07) is 1.83. The average molecular weight is 226 g/mol. The highest BCUT2D eigenvalue weighted by Crippen LogP contribution is 2.21. The number of nitrogens with two attached hydrogens (primary N) is 1. The second-order valence-corrected chi connectivity index (χ2v) is 4.45. The summed E-state index contributed by atoms with van der Waals surface area (Å²) in [5.74, 6) is 3.91. The Kier molecular flexibility index (Phi) is 3.15. The number of aromatic nitrogens is 2. The lowest BCUT2D eigenvalue weighted by atomic mass is 10.4. The van der Waals surface area contributed by atoms with E-state index in [1.807, 2.05) is 17.8 Å². The van der Waals surface area contributed by atoms with E-state index in [0.29, 0.717) is 5.88 Å². The van der Waals surface area contributed by atoms with Crippen molar-refractivity contribution in [1.29, 1.82) is 0 Å². The second-order valence-electron chi connectivity index (χ2n) is 3.23. The van der Waals surface area contributed by atoms with Gasteiger partial charge in [-0.1, -0.05) is 0 Å². The molecular formula is C9H14N4OS. The molecule has 0 amide bonds. The van der Waals surface area contributed by atoms with E-state index in [1.54, 1.807) is 7.11 Å². The Hall–Kier alpha value is -1.17. The normalized spacial score (nSPS) is 16.5.